The third-order valence-electron chi connectivity index (χ3n) is 3.08. The molecule has 122 valence electrons. The van der Waals surface area contributed by atoms with Crippen molar-refractivity contribution in [3.63, 3.8) is 0 Å². The summed E-state index contributed by atoms with van der Waals surface area (Å²) in [7, 11) is -2.17. The largest absolute Gasteiger partial charge is 0.496 e. The van der Waals surface area contributed by atoms with Gasteiger partial charge in [-0.15, -0.1) is 0 Å². The van der Waals surface area contributed by atoms with E-state index >= 15 is 0 Å². The SMILES string of the molecule is COc1cc(C(=O)NS(C)(=O)=O)ccc1-c1cnc(C)c(Cl)c1. The Morgan fingerprint density at radius 1 is 1.30 bits per heavy atom. The zero-order valence-corrected chi connectivity index (χ0v) is 14.3. The lowest BCUT2D eigenvalue weighted by Gasteiger charge is -2.11. The molecule has 6 nitrogen and oxygen atoms in total. The summed E-state index contributed by atoms with van der Waals surface area (Å²) in [5, 5.41) is 0.517. The highest BCUT2D eigenvalue weighted by Crippen LogP contribution is 2.32. The van der Waals surface area contributed by atoms with Crippen molar-refractivity contribution in [2.45, 2.75) is 6.92 Å². The Kier molecular flexibility index (Phi) is 4.91. The number of nitrogens with one attached hydrogen (secondary N) is 1. The molecule has 0 fully saturated rings. The molecule has 0 unspecified atom stereocenters. The van der Waals surface area contributed by atoms with Gasteiger partial charge in [0.1, 0.15) is 5.75 Å². The molecule has 0 saturated heterocycles. The topological polar surface area (TPSA) is 85.4 Å². The number of sulfonamides is 1. The quantitative estimate of drug-likeness (QED) is 0.911. The molecule has 0 bridgehead atoms. The number of hydrogen-bond donors (Lipinski definition) is 1. The van der Waals surface area contributed by atoms with Crippen molar-refractivity contribution in [3.05, 3.63) is 46.7 Å². The molecular weight excluding hydrogens is 340 g/mol. The molecule has 0 aliphatic heterocycles. The van der Waals surface area contributed by atoms with Crippen molar-refractivity contribution in [2.24, 2.45) is 0 Å². The van der Waals surface area contributed by atoms with Gasteiger partial charge >= 0.3 is 0 Å². The Morgan fingerprint density at radius 2 is 2.00 bits per heavy atom. The van der Waals surface area contributed by atoms with E-state index in [-0.39, 0.29) is 5.56 Å². The summed E-state index contributed by atoms with van der Waals surface area (Å²) in [5.74, 6) is -0.315. The zero-order chi connectivity index (χ0) is 17.2. The van der Waals surface area contributed by atoms with Gasteiger partial charge in [-0.25, -0.2) is 13.1 Å². The average Bonchev–Trinajstić information content (AvgIpc) is 2.47. The standard InChI is InChI=1S/C15H15ClN2O4S/c1-9-13(16)6-11(8-17-9)12-5-4-10(7-14(12)22-2)15(19)18-23(3,20)21/h4-8H,1-3H3,(H,18,19). The Morgan fingerprint density at radius 3 is 2.57 bits per heavy atom. The highest BCUT2D eigenvalue weighted by Gasteiger charge is 2.15. The number of halogens is 1. The third-order valence-corrected chi connectivity index (χ3v) is 4.02. The number of methoxy groups -OCH3 is 1. The average molecular weight is 355 g/mol. The summed E-state index contributed by atoms with van der Waals surface area (Å²) in [6, 6.07) is 6.37. The van der Waals surface area contributed by atoms with Gasteiger partial charge in [0.15, 0.2) is 0 Å². The van der Waals surface area contributed by atoms with Crippen LogP contribution in [0.2, 0.25) is 5.02 Å². The van der Waals surface area contributed by atoms with Crippen molar-refractivity contribution in [1.29, 1.82) is 0 Å². The number of carbonyl (C=O) groups excluding carboxylic acids is 1. The van der Waals surface area contributed by atoms with Crippen molar-refractivity contribution >= 4 is 27.5 Å². The third kappa shape index (κ3) is 4.20. The van der Waals surface area contributed by atoms with Crippen LogP contribution in [-0.4, -0.2) is 32.7 Å². The monoisotopic (exact) mass is 354 g/mol. The van der Waals surface area contributed by atoms with Gasteiger partial charge in [-0.1, -0.05) is 11.6 Å². The number of aryl methyl sites for hydroxylation is 1. The molecule has 0 saturated carbocycles. The van der Waals surface area contributed by atoms with Crippen LogP contribution < -0.4 is 9.46 Å². The van der Waals surface area contributed by atoms with Crippen LogP contribution in [-0.2, 0) is 10.0 Å². The second kappa shape index (κ2) is 6.55. The number of ether oxygens (including phenoxy) is 1. The molecule has 1 aromatic heterocycles. The number of benzene rings is 1. The minimum atomic E-state index is -3.63. The molecule has 2 aromatic rings. The maximum Gasteiger partial charge on any atom is 0.264 e. The number of aromatic nitrogens is 1. The Labute approximate surface area is 139 Å². The molecule has 0 aliphatic carbocycles. The number of amides is 1. The summed E-state index contributed by atoms with van der Waals surface area (Å²) in [6.07, 6.45) is 2.56. The van der Waals surface area contributed by atoms with Crippen LogP contribution >= 0.6 is 11.6 Å². The minimum Gasteiger partial charge on any atom is -0.496 e. The molecule has 0 radical (unpaired) electrons. The van der Waals surface area contributed by atoms with E-state index in [1.807, 2.05) is 4.72 Å². The molecule has 0 atom stereocenters. The van der Waals surface area contributed by atoms with Crippen molar-refractivity contribution in [3.8, 4) is 16.9 Å². The van der Waals surface area contributed by atoms with Gasteiger partial charge in [0.25, 0.3) is 5.91 Å². The first-order valence-electron chi connectivity index (χ1n) is 6.54. The van der Waals surface area contributed by atoms with Crippen LogP contribution in [0.25, 0.3) is 11.1 Å². The highest BCUT2D eigenvalue weighted by molar-refractivity contribution is 7.89. The van der Waals surface area contributed by atoms with E-state index in [9.17, 15) is 13.2 Å². The summed E-state index contributed by atoms with van der Waals surface area (Å²) < 4.78 is 29.5. The molecule has 23 heavy (non-hydrogen) atoms. The van der Waals surface area contributed by atoms with Gasteiger partial charge in [0, 0.05) is 22.9 Å². The lowest BCUT2D eigenvalue weighted by atomic mass is 10.0. The van der Waals surface area contributed by atoms with Gasteiger partial charge < -0.3 is 4.74 Å². The molecule has 1 N–H and O–H groups in total. The van der Waals surface area contributed by atoms with Crippen LogP contribution in [0.3, 0.4) is 0 Å². The fourth-order valence-corrected chi connectivity index (χ4v) is 2.57. The van der Waals surface area contributed by atoms with Crippen LogP contribution in [0, 0.1) is 6.92 Å². The van der Waals surface area contributed by atoms with Gasteiger partial charge in [-0.2, -0.15) is 0 Å². The van der Waals surface area contributed by atoms with E-state index in [4.69, 9.17) is 16.3 Å². The first-order chi connectivity index (χ1) is 10.7. The zero-order valence-electron chi connectivity index (χ0n) is 12.8. The van der Waals surface area contributed by atoms with Crippen molar-refractivity contribution in [2.75, 3.05) is 13.4 Å². The molecular formula is C15H15ClN2O4S. The predicted octanol–water partition coefficient (Wildman–Crippen LogP) is 2.41. The number of nitrogens with zero attached hydrogens (tertiary/aromatic N) is 1. The van der Waals surface area contributed by atoms with E-state index in [1.54, 1.807) is 25.3 Å². The maximum atomic E-state index is 11.9. The molecule has 8 heteroatoms. The number of rotatable bonds is 4. The minimum absolute atomic E-state index is 0.169. The van der Waals surface area contributed by atoms with Crippen LogP contribution in [0.15, 0.2) is 30.5 Å². The molecule has 1 amide bonds. The van der Waals surface area contributed by atoms with E-state index in [0.717, 1.165) is 11.8 Å². The smallest absolute Gasteiger partial charge is 0.264 e. The Balaban J connectivity index is 2.44. The molecule has 0 spiro atoms. The van der Waals surface area contributed by atoms with Crippen LogP contribution in [0.4, 0.5) is 0 Å². The molecule has 0 aliphatic rings. The summed E-state index contributed by atoms with van der Waals surface area (Å²) in [4.78, 5) is 16.1. The summed E-state index contributed by atoms with van der Waals surface area (Å²) in [6.45, 7) is 1.79. The van der Waals surface area contributed by atoms with E-state index < -0.39 is 15.9 Å². The van der Waals surface area contributed by atoms with Gasteiger partial charge in [-0.05, 0) is 31.2 Å². The normalized spacial score (nSPS) is 11.1. The number of hydrogen-bond acceptors (Lipinski definition) is 5. The van der Waals surface area contributed by atoms with Crippen LogP contribution in [0.5, 0.6) is 5.75 Å². The Hall–Kier alpha value is -2.12. The predicted molar refractivity (Wildman–Crippen MR) is 88.3 cm³/mol. The van der Waals surface area contributed by atoms with E-state index in [1.165, 1.54) is 19.2 Å². The van der Waals surface area contributed by atoms with Gasteiger partial charge in [0.05, 0.1) is 24.1 Å². The fourth-order valence-electron chi connectivity index (χ4n) is 1.95. The molecule has 2 rings (SSSR count). The second-order valence-electron chi connectivity index (χ2n) is 4.91. The van der Waals surface area contributed by atoms with E-state index in [2.05, 4.69) is 4.98 Å². The fraction of sp³-hybridized carbons (Fsp3) is 0.200. The number of carbonyl (C=O) groups is 1. The lowest BCUT2D eigenvalue weighted by Crippen LogP contribution is -2.29. The first kappa shape index (κ1) is 17.2. The summed E-state index contributed by atoms with van der Waals surface area (Å²) >= 11 is 6.08. The van der Waals surface area contributed by atoms with Crippen molar-refractivity contribution in [1.82, 2.24) is 9.71 Å². The first-order valence-corrected chi connectivity index (χ1v) is 8.81. The summed E-state index contributed by atoms with van der Waals surface area (Å²) in [5.41, 5.74) is 2.30. The molecule has 1 heterocycles. The lowest BCUT2D eigenvalue weighted by molar-refractivity contribution is 0.0981. The number of pyridine rings is 1. The van der Waals surface area contributed by atoms with Gasteiger partial charge in [-0.3, -0.25) is 9.78 Å². The van der Waals surface area contributed by atoms with Crippen molar-refractivity contribution < 1.29 is 17.9 Å². The highest BCUT2D eigenvalue weighted by atomic mass is 35.5. The maximum absolute atomic E-state index is 11.9. The Bertz CT molecular complexity index is 866. The van der Waals surface area contributed by atoms with Gasteiger partial charge in [0.2, 0.25) is 10.0 Å². The second-order valence-corrected chi connectivity index (χ2v) is 7.07. The van der Waals surface area contributed by atoms with E-state index in [0.29, 0.717) is 22.0 Å². The van der Waals surface area contributed by atoms with Crippen LogP contribution in [0.1, 0.15) is 16.1 Å². The molecule has 1 aromatic carbocycles.